The fraction of sp³-hybridized carbons (Fsp3) is 0.286. The molecule has 0 fully saturated rings. The van der Waals surface area contributed by atoms with Crippen LogP contribution in [0.2, 0.25) is 0 Å². The Bertz CT molecular complexity index is 1480. The molecule has 3 N–H and O–H groups in total. The molecule has 42 heavy (non-hydrogen) atoms. The van der Waals surface area contributed by atoms with Crippen LogP contribution in [0.1, 0.15) is 64.1 Å². The molecular weight excluding hydrogens is 524 g/mol. The number of benzene rings is 3. The molecule has 4 rings (SSSR count). The molecule has 0 aliphatic heterocycles. The molecular formula is C35H40N4O3. The highest BCUT2D eigenvalue weighted by Gasteiger charge is 2.37. The zero-order chi connectivity index (χ0) is 30.1. The molecule has 0 bridgehead atoms. The van der Waals surface area contributed by atoms with Crippen molar-refractivity contribution in [1.29, 1.82) is 0 Å². The summed E-state index contributed by atoms with van der Waals surface area (Å²) in [6, 6.07) is 28.1. The van der Waals surface area contributed by atoms with E-state index in [0.717, 1.165) is 22.4 Å². The Labute approximate surface area is 248 Å². The van der Waals surface area contributed by atoms with E-state index in [0.29, 0.717) is 30.0 Å². The first-order valence-corrected chi connectivity index (χ1v) is 14.3. The number of carbonyl (C=O) groups excluding carboxylic acids is 2. The zero-order valence-electron chi connectivity index (χ0n) is 24.7. The zero-order valence-corrected chi connectivity index (χ0v) is 24.7. The molecule has 0 saturated carbocycles. The van der Waals surface area contributed by atoms with Gasteiger partial charge in [0.15, 0.2) is 0 Å². The van der Waals surface area contributed by atoms with Gasteiger partial charge in [-0.05, 0) is 60.2 Å². The Kier molecular flexibility index (Phi) is 10.1. The van der Waals surface area contributed by atoms with Gasteiger partial charge in [-0.1, -0.05) is 80.6 Å². The van der Waals surface area contributed by atoms with Gasteiger partial charge in [-0.25, -0.2) is 0 Å². The Balaban J connectivity index is 1.49. The van der Waals surface area contributed by atoms with Gasteiger partial charge in [0, 0.05) is 37.5 Å². The van der Waals surface area contributed by atoms with Crippen LogP contribution in [0.15, 0.2) is 103 Å². The van der Waals surface area contributed by atoms with E-state index in [2.05, 4.69) is 35.5 Å². The Morgan fingerprint density at radius 3 is 2.19 bits per heavy atom. The van der Waals surface area contributed by atoms with E-state index in [1.54, 1.807) is 30.5 Å². The second kappa shape index (κ2) is 13.9. The highest BCUT2D eigenvalue weighted by atomic mass is 16.3. The van der Waals surface area contributed by atoms with Crippen molar-refractivity contribution in [2.75, 3.05) is 25.0 Å². The number of nitrogens with one attached hydrogen (secondary N) is 2. The van der Waals surface area contributed by atoms with Gasteiger partial charge >= 0.3 is 0 Å². The second-order valence-electron chi connectivity index (χ2n) is 11.1. The summed E-state index contributed by atoms with van der Waals surface area (Å²) in [6.07, 6.45) is 3.37. The Morgan fingerprint density at radius 2 is 1.52 bits per heavy atom. The van der Waals surface area contributed by atoms with Crippen LogP contribution in [0.5, 0.6) is 0 Å². The van der Waals surface area contributed by atoms with Crippen LogP contribution in [-0.4, -0.2) is 48.1 Å². The van der Waals surface area contributed by atoms with Crippen LogP contribution in [0.4, 0.5) is 5.69 Å². The van der Waals surface area contributed by atoms with Crippen LogP contribution >= 0.6 is 0 Å². The predicted octanol–water partition coefficient (Wildman–Crippen LogP) is 5.32. The van der Waals surface area contributed by atoms with Crippen LogP contribution < -0.4 is 15.5 Å². The lowest BCUT2D eigenvalue weighted by atomic mass is 9.85. The average molecular weight is 565 g/mol. The van der Waals surface area contributed by atoms with Crippen molar-refractivity contribution in [3.8, 4) is 0 Å². The van der Waals surface area contributed by atoms with Crippen molar-refractivity contribution in [3.63, 3.8) is 0 Å². The third-order valence-electron chi connectivity index (χ3n) is 7.64. The van der Waals surface area contributed by atoms with Crippen molar-refractivity contribution in [3.05, 3.63) is 131 Å². The quantitative estimate of drug-likeness (QED) is 0.217. The minimum absolute atomic E-state index is 0.245. The van der Waals surface area contributed by atoms with Crippen LogP contribution in [0, 0.1) is 0 Å². The molecule has 0 aliphatic rings. The van der Waals surface area contributed by atoms with E-state index in [1.807, 2.05) is 85.7 Å². The van der Waals surface area contributed by atoms with Crippen LogP contribution in [-0.2, 0) is 12.0 Å². The number of carbonyl (C=O) groups is 2. The molecule has 7 heteroatoms. The number of hydrogen-bond donors (Lipinski definition) is 3. The van der Waals surface area contributed by atoms with E-state index in [1.165, 1.54) is 0 Å². The molecule has 2 amide bonds. The van der Waals surface area contributed by atoms with Gasteiger partial charge in [-0.15, -0.1) is 0 Å². The fourth-order valence-corrected chi connectivity index (χ4v) is 4.83. The molecule has 1 aromatic heterocycles. The summed E-state index contributed by atoms with van der Waals surface area (Å²) in [5, 5.41) is 17.6. The van der Waals surface area contributed by atoms with Crippen molar-refractivity contribution in [2.24, 2.45) is 0 Å². The number of aliphatic hydroxyl groups is 1. The molecule has 0 spiro atoms. The molecule has 3 aromatic carbocycles. The maximum absolute atomic E-state index is 13.6. The molecule has 7 nitrogen and oxygen atoms in total. The van der Waals surface area contributed by atoms with Crippen molar-refractivity contribution < 1.29 is 14.7 Å². The first-order chi connectivity index (χ1) is 20.2. The van der Waals surface area contributed by atoms with Gasteiger partial charge in [0.2, 0.25) is 0 Å². The SMILES string of the molecule is CC(C)c1cncc(N(C)C[C@@H](O)[C@@](C)(NC(=O)c2cccc(C(=O)NCCc3ccccc3)c2)c2ccccc2)c1. The number of hydrogen-bond acceptors (Lipinski definition) is 5. The monoisotopic (exact) mass is 564 g/mol. The van der Waals surface area contributed by atoms with Crippen LogP contribution in [0.25, 0.3) is 0 Å². The highest BCUT2D eigenvalue weighted by Crippen LogP contribution is 2.28. The molecule has 0 aliphatic carbocycles. The van der Waals surface area contributed by atoms with Crippen molar-refractivity contribution >= 4 is 17.5 Å². The Hall–Kier alpha value is -4.49. The van der Waals surface area contributed by atoms with Crippen molar-refractivity contribution in [1.82, 2.24) is 15.6 Å². The lowest BCUT2D eigenvalue weighted by Crippen LogP contribution is -2.55. The van der Waals surface area contributed by atoms with Crippen LogP contribution in [0.3, 0.4) is 0 Å². The number of likely N-dealkylation sites (N-methyl/N-ethyl adjacent to an activating group) is 1. The maximum atomic E-state index is 13.6. The number of aliphatic hydroxyl groups excluding tert-OH is 1. The summed E-state index contributed by atoms with van der Waals surface area (Å²) in [6.45, 7) is 6.78. The number of amides is 2. The topological polar surface area (TPSA) is 94.6 Å². The molecule has 218 valence electrons. The molecule has 0 unspecified atom stereocenters. The standard InChI is InChI=1S/C35H40N4O3/c1-25(2)29-21-31(23-36-22-29)39(4)24-32(40)35(3,30-16-9-6-10-17-30)38-34(42)28-15-11-14-27(20-28)33(41)37-19-18-26-12-7-5-8-13-26/h5-17,20-23,25,32,40H,18-19,24H2,1-4H3,(H,37,41)(H,38,42)/t32-,35+/m1/s1. The number of anilines is 1. The Morgan fingerprint density at radius 1 is 0.881 bits per heavy atom. The number of nitrogens with zero attached hydrogens (tertiary/aromatic N) is 2. The second-order valence-corrected chi connectivity index (χ2v) is 11.1. The first-order valence-electron chi connectivity index (χ1n) is 14.3. The number of rotatable bonds is 12. The smallest absolute Gasteiger partial charge is 0.252 e. The molecule has 1 heterocycles. The van der Waals surface area contributed by atoms with Gasteiger partial charge in [0.1, 0.15) is 0 Å². The van der Waals surface area contributed by atoms with E-state index in [4.69, 9.17) is 0 Å². The maximum Gasteiger partial charge on any atom is 0.252 e. The highest BCUT2D eigenvalue weighted by molar-refractivity contribution is 6.00. The summed E-state index contributed by atoms with van der Waals surface area (Å²) in [5.41, 5.74) is 3.51. The summed E-state index contributed by atoms with van der Waals surface area (Å²) >= 11 is 0. The van der Waals surface area contributed by atoms with E-state index >= 15 is 0 Å². The van der Waals surface area contributed by atoms with Gasteiger partial charge < -0.3 is 20.6 Å². The molecule has 2 atom stereocenters. The van der Waals surface area contributed by atoms with Gasteiger partial charge in [-0.2, -0.15) is 0 Å². The van der Waals surface area contributed by atoms with E-state index in [9.17, 15) is 14.7 Å². The molecule has 0 saturated heterocycles. The normalized spacial score (nSPS) is 13.2. The van der Waals surface area contributed by atoms with Gasteiger partial charge in [-0.3, -0.25) is 14.6 Å². The average Bonchev–Trinajstić information content (AvgIpc) is 3.01. The lowest BCUT2D eigenvalue weighted by Gasteiger charge is -2.38. The van der Waals surface area contributed by atoms with Gasteiger partial charge in [0.05, 0.1) is 23.5 Å². The number of pyridine rings is 1. The fourth-order valence-electron chi connectivity index (χ4n) is 4.83. The lowest BCUT2D eigenvalue weighted by molar-refractivity contribution is 0.0593. The van der Waals surface area contributed by atoms with Crippen molar-refractivity contribution in [2.45, 2.75) is 44.8 Å². The third kappa shape index (κ3) is 7.62. The minimum atomic E-state index is -1.12. The summed E-state index contributed by atoms with van der Waals surface area (Å²) < 4.78 is 0. The predicted molar refractivity (Wildman–Crippen MR) is 168 cm³/mol. The first kappa shape index (κ1) is 30.5. The van der Waals surface area contributed by atoms with E-state index in [-0.39, 0.29) is 18.4 Å². The summed E-state index contributed by atoms with van der Waals surface area (Å²) in [4.78, 5) is 32.8. The van der Waals surface area contributed by atoms with E-state index < -0.39 is 11.6 Å². The summed E-state index contributed by atoms with van der Waals surface area (Å²) in [7, 11) is 1.90. The summed E-state index contributed by atoms with van der Waals surface area (Å²) in [5.74, 6) is -0.304. The molecule has 0 radical (unpaired) electrons. The van der Waals surface area contributed by atoms with Gasteiger partial charge in [0.25, 0.3) is 11.8 Å². The number of aromatic nitrogens is 1. The molecule has 4 aromatic rings. The third-order valence-corrected chi connectivity index (χ3v) is 7.64. The minimum Gasteiger partial charge on any atom is -0.388 e. The largest absolute Gasteiger partial charge is 0.388 e.